The van der Waals surface area contributed by atoms with E-state index in [-0.39, 0.29) is 0 Å². The molecule has 3 heterocycles. The number of aromatic nitrogens is 2. The molecule has 4 heteroatoms. The quantitative estimate of drug-likeness (QED) is 0.181. The predicted octanol–water partition coefficient (Wildman–Crippen LogP) is 11.8. The van der Waals surface area contributed by atoms with Gasteiger partial charge in [-0.3, -0.25) is 4.57 Å². The number of rotatable bonds is 5. The predicted molar refractivity (Wildman–Crippen MR) is 218 cm³/mol. The van der Waals surface area contributed by atoms with Gasteiger partial charge in [-0.05, 0) is 74.1 Å². The zero-order valence-corrected chi connectivity index (χ0v) is 28.3. The molecule has 4 nitrogen and oxygen atoms in total. The number of nitrogens with zero attached hydrogens (tertiary/aromatic N) is 4. The molecule has 1 aliphatic rings. The summed E-state index contributed by atoms with van der Waals surface area (Å²) in [6.07, 6.45) is 4.74. The van der Waals surface area contributed by atoms with E-state index in [1.807, 2.05) is 18.3 Å². The monoisotopic (exact) mass is 664 g/mol. The van der Waals surface area contributed by atoms with Crippen molar-refractivity contribution in [2.24, 2.45) is 9.98 Å². The average Bonchev–Trinajstić information content (AvgIpc) is 3.38. The molecular weight excluding hydrogens is 633 g/mol. The first-order chi connectivity index (χ1) is 25.8. The minimum atomic E-state index is 0.662. The largest absolute Gasteiger partial charge is 0.294 e. The molecule has 0 amide bonds. The lowest BCUT2D eigenvalue weighted by atomic mass is 10.0. The van der Waals surface area contributed by atoms with Crippen molar-refractivity contribution >= 4 is 60.6 Å². The fourth-order valence-electron chi connectivity index (χ4n) is 7.55. The molecule has 10 rings (SSSR count). The van der Waals surface area contributed by atoms with Crippen LogP contribution in [0, 0.1) is 0 Å². The van der Waals surface area contributed by atoms with E-state index in [4.69, 9.17) is 15.0 Å². The van der Waals surface area contributed by atoms with Gasteiger partial charge in [-0.15, -0.1) is 0 Å². The van der Waals surface area contributed by atoms with Crippen molar-refractivity contribution in [2.75, 3.05) is 0 Å². The summed E-state index contributed by atoms with van der Waals surface area (Å²) in [5.41, 5.74) is 9.49. The third-order valence-corrected chi connectivity index (χ3v) is 10.1. The molecule has 0 bridgehead atoms. The minimum Gasteiger partial charge on any atom is -0.294 e. The van der Waals surface area contributed by atoms with Gasteiger partial charge < -0.3 is 0 Å². The second kappa shape index (κ2) is 12.4. The summed E-state index contributed by atoms with van der Waals surface area (Å²) in [4.78, 5) is 15.6. The van der Waals surface area contributed by atoms with Crippen molar-refractivity contribution < 1.29 is 0 Å². The maximum Gasteiger partial charge on any atom is 0.160 e. The Kier molecular flexibility index (Phi) is 7.17. The maximum atomic E-state index is 5.32. The average molecular weight is 665 g/mol. The normalized spacial score (nSPS) is 13.3. The van der Waals surface area contributed by atoms with Gasteiger partial charge in [-0.25, -0.2) is 15.0 Å². The Hall–Kier alpha value is -6.91. The number of aliphatic imine (C=N–C) groups is 2. The first kappa shape index (κ1) is 30.0. The van der Waals surface area contributed by atoms with Gasteiger partial charge in [-0.2, -0.15) is 0 Å². The Morgan fingerprint density at radius 3 is 2.00 bits per heavy atom. The topological polar surface area (TPSA) is 42.5 Å². The molecule has 2 aromatic heterocycles. The van der Waals surface area contributed by atoms with Crippen molar-refractivity contribution in [3.63, 3.8) is 0 Å². The van der Waals surface area contributed by atoms with Gasteiger partial charge in [0.2, 0.25) is 0 Å². The number of pyridine rings is 1. The Morgan fingerprint density at radius 2 is 1.15 bits per heavy atom. The van der Waals surface area contributed by atoms with Crippen molar-refractivity contribution in [1.29, 1.82) is 0 Å². The lowest BCUT2D eigenvalue weighted by molar-refractivity contribution is 1.08. The van der Waals surface area contributed by atoms with E-state index in [0.717, 1.165) is 50.5 Å². The van der Waals surface area contributed by atoms with Crippen molar-refractivity contribution in [2.45, 2.75) is 6.42 Å². The second-order valence-electron chi connectivity index (χ2n) is 13.2. The first-order valence-corrected chi connectivity index (χ1v) is 17.7. The molecule has 0 N–H and O–H groups in total. The van der Waals surface area contributed by atoms with Crippen LogP contribution < -0.4 is 0 Å². The molecule has 52 heavy (non-hydrogen) atoms. The molecule has 0 aliphatic carbocycles. The van der Waals surface area contributed by atoms with Crippen molar-refractivity contribution in [3.05, 3.63) is 199 Å². The van der Waals surface area contributed by atoms with Gasteiger partial charge in [0, 0.05) is 29.0 Å². The van der Waals surface area contributed by atoms with Gasteiger partial charge in [0.05, 0.1) is 22.4 Å². The Bertz CT molecular complexity index is 2910. The molecular formula is C48H32N4. The third kappa shape index (κ3) is 5.21. The van der Waals surface area contributed by atoms with Gasteiger partial charge in [0.25, 0.3) is 0 Å². The fraction of sp³-hybridized carbons (Fsp3) is 0.0208. The van der Waals surface area contributed by atoms with Crippen LogP contribution >= 0.6 is 0 Å². The summed E-state index contributed by atoms with van der Waals surface area (Å²) in [6, 6.07) is 60.0. The zero-order chi connectivity index (χ0) is 34.4. The van der Waals surface area contributed by atoms with E-state index in [0.29, 0.717) is 12.3 Å². The van der Waals surface area contributed by atoms with E-state index in [9.17, 15) is 0 Å². The minimum absolute atomic E-state index is 0.662. The van der Waals surface area contributed by atoms with Crippen LogP contribution in [-0.2, 0) is 0 Å². The summed E-state index contributed by atoms with van der Waals surface area (Å²) in [7, 11) is 0. The molecule has 9 aromatic rings. The van der Waals surface area contributed by atoms with Crippen LogP contribution in [0.1, 0.15) is 23.1 Å². The van der Waals surface area contributed by atoms with E-state index < -0.39 is 0 Å². The van der Waals surface area contributed by atoms with Crippen LogP contribution in [0.2, 0.25) is 0 Å². The highest BCUT2D eigenvalue weighted by molar-refractivity contribution is 6.22. The molecule has 0 unspecified atom stereocenters. The second-order valence-corrected chi connectivity index (χ2v) is 13.2. The van der Waals surface area contributed by atoms with Crippen LogP contribution in [0.15, 0.2) is 192 Å². The fourth-order valence-corrected chi connectivity index (χ4v) is 7.55. The van der Waals surface area contributed by atoms with Crippen LogP contribution in [0.25, 0.3) is 66.0 Å². The molecule has 7 aromatic carbocycles. The van der Waals surface area contributed by atoms with E-state index >= 15 is 0 Å². The summed E-state index contributed by atoms with van der Waals surface area (Å²) >= 11 is 0. The van der Waals surface area contributed by atoms with Gasteiger partial charge in [0.15, 0.2) is 5.84 Å². The molecule has 0 atom stereocenters. The van der Waals surface area contributed by atoms with E-state index in [1.54, 1.807) is 0 Å². The number of fused-ring (bicyclic) bond motifs is 6. The number of hydrogen-bond donors (Lipinski definition) is 0. The van der Waals surface area contributed by atoms with Crippen LogP contribution in [0.5, 0.6) is 0 Å². The molecule has 0 spiro atoms. The highest BCUT2D eigenvalue weighted by atomic mass is 15.1. The SMILES string of the molecule is C1=C(c2ccccc2)N=C(c2ccnc(-n3c4cc(-c5ccccc5)ccc4c4c5ccccc5ccc43)c2)N=C(c2ccc3ccccc3c2)C1. The number of hydrogen-bond acceptors (Lipinski definition) is 3. The van der Waals surface area contributed by atoms with Gasteiger partial charge in [-0.1, -0.05) is 146 Å². The molecule has 0 saturated heterocycles. The van der Waals surface area contributed by atoms with Crippen LogP contribution in [-0.4, -0.2) is 21.1 Å². The summed E-state index contributed by atoms with van der Waals surface area (Å²) in [5, 5.41) is 7.25. The highest BCUT2D eigenvalue weighted by Crippen LogP contribution is 2.38. The maximum absolute atomic E-state index is 5.32. The Labute approximate surface area is 301 Å². The number of allylic oxidation sites excluding steroid dienone is 1. The van der Waals surface area contributed by atoms with Crippen molar-refractivity contribution in [1.82, 2.24) is 9.55 Å². The van der Waals surface area contributed by atoms with Crippen LogP contribution in [0.3, 0.4) is 0 Å². The first-order valence-electron chi connectivity index (χ1n) is 17.7. The lowest BCUT2D eigenvalue weighted by Gasteiger charge is -2.11. The van der Waals surface area contributed by atoms with Crippen LogP contribution in [0.4, 0.5) is 0 Å². The van der Waals surface area contributed by atoms with Crippen molar-refractivity contribution in [3.8, 4) is 16.9 Å². The number of amidine groups is 1. The smallest absolute Gasteiger partial charge is 0.160 e. The molecule has 244 valence electrons. The highest BCUT2D eigenvalue weighted by Gasteiger charge is 2.19. The van der Waals surface area contributed by atoms with E-state index in [2.05, 4.69) is 168 Å². The zero-order valence-electron chi connectivity index (χ0n) is 28.3. The van der Waals surface area contributed by atoms with Gasteiger partial charge in [0.1, 0.15) is 5.82 Å². The molecule has 0 radical (unpaired) electrons. The molecule has 1 aliphatic heterocycles. The van der Waals surface area contributed by atoms with E-state index in [1.165, 1.54) is 37.9 Å². The summed E-state index contributed by atoms with van der Waals surface area (Å²) in [5.74, 6) is 1.48. The summed E-state index contributed by atoms with van der Waals surface area (Å²) in [6.45, 7) is 0. The molecule has 0 fully saturated rings. The third-order valence-electron chi connectivity index (χ3n) is 10.1. The van der Waals surface area contributed by atoms with Gasteiger partial charge >= 0.3 is 0 Å². The summed E-state index contributed by atoms with van der Waals surface area (Å²) < 4.78 is 2.30. The lowest BCUT2D eigenvalue weighted by Crippen LogP contribution is -2.07. The Balaban J connectivity index is 1.18. The number of benzene rings is 7. The standard InChI is InChI=1S/C48H32N4/c1-3-11-32(12-4-1)37-21-23-41-45(30-37)52(44-26-22-34-14-9-10-18-40(34)47(41)44)46-31-39(27-28-49-46)48-50-42(35-15-5-2-6-16-35)24-25-43(51-48)38-20-19-33-13-7-8-17-36(33)29-38/h1-24,26-31H,25H2. The Morgan fingerprint density at radius 1 is 0.442 bits per heavy atom. The molecule has 0 saturated carbocycles.